The van der Waals surface area contributed by atoms with E-state index in [1.807, 2.05) is 54.7 Å². The Bertz CT molecular complexity index is 1040. The van der Waals surface area contributed by atoms with E-state index in [0.717, 1.165) is 39.7 Å². The van der Waals surface area contributed by atoms with Crippen molar-refractivity contribution < 1.29 is 9.47 Å². The maximum Gasteiger partial charge on any atom is 0.231 e. The van der Waals surface area contributed by atoms with Crippen molar-refractivity contribution in [1.82, 2.24) is 14.4 Å². The third-order valence-corrected chi connectivity index (χ3v) is 4.13. The summed E-state index contributed by atoms with van der Waals surface area (Å²) in [6.45, 7) is 0.267. The van der Waals surface area contributed by atoms with Crippen molar-refractivity contribution in [2.24, 2.45) is 0 Å². The van der Waals surface area contributed by atoms with Crippen LogP contribution < -0.4 is 9.47 Å². The lowest BCUT2D eigenvalue weighted by Gasteiger charge is -2.07. The molecular formula is C19H13N3O2. The summed E-state index contributed by atoms with van der Waals surface area (Å²) in [5, 5.41) is 0. The zero-order valence-corrected chi connectivity index (χ0v) is 12.7. The van der Waals surface area contributed by atoms with Gasteiger partial charge in [0.15, 0.2) is 11.5 Å². The van der Waals surface area contributed by atoms with E-state index in [9.17, 15) is 0 Å². The van der Waals surface area contributed by atoms with Crippen molar-refractivity contribution in [2.45, 2.75) is 0 Å². The van der Waals surface area contributed by atoms with E-state index >= 15 is 0 Å². The maximum atomic E-state index is 5.53. The number of hydrogen-bond donors (Lipinski definition) is 0. The summed E-state index contributed by atoms with van der Waals surface area (Å²) < 4.78 is 13.0. The highest BCUT2D eigenvalue weighted by Crippen LogP contribution is 2.39. The molecule has 0 fully saturated rings. The number of benzene rings is 1. The fourth-order valence-electron chi connectivity index (χ4n) is 3.03. The Balaban J connectivity index is 1.80. The molecule has 0 aliphatic carbocycles. The molecule has 5 heteroatoms. The molecule has 0 amide bonds. The van der Waals surface area contributed by atoms with Gasteiger partial charge >= 0.3 is 0 Å². The van der Waals surface area contributed by atoms with Crippen molar-refractivity contribution >= 4 is 5.65 Å². The summed E-state index contributed by atoms with van der Waals surface area (Å²) in [6.07, 6.45) is 5.58. The van der Waals surface area contributed by atoms with Gasteiger partial charge in [-0.3, -0.25) is 9.38 Å². The van der Waals surface area contributed by atoms with Gasteiger partial charge in [-0.05, 0) is 42.5 Å². The van der Waals surface area contributed by atoms with Crippen molar-refractivity contribution in [3.05, 3.63) is 67.1 Å². The van der Waals surface area contributed by atoms with Crippen LogP contribution in [-0.4, -0.2) is 21.2 Å². The van der Waals surface area contributed by atoms with Gasteiger partial charge in [-0.15, -0.1) is 0 Å². The van der Waals surface area contributed by atoms with E-state index in [1.54, 1.807) is 12.4 Å². The maximum absolute atomic E-state index is 5.53. The average molecular weight is 315 g/mol. The number of hydrogen-bond acceptors (Lipinski definition) is 4. The van der Waals surface area contributed by atoms with Gasteiger partial charge in [-0.2, -0.15) is 0 Å². The van der Waals surface area contributed by atoms with E-state index in [4.69, 9.17) is 14.5 Å². The summed E-state index contributed by atoms with van der Waals surface area (Å²) >= 11 is 0. The van der Waals surface area contributed by atoms with Crippen LogP contribution in [0.1, 0.15) is 0 Å². The molecule has 4 aromatic rings. The number of fused-ring (bicyclic) bond motifs is 2. The molecule has 0 saturated heterocycles. The fourth-order valence-corrected chi connectivity index (χ4v) is 3.03. The smallest absolute Gasteiger partial charge is 0.231 e. The number of pyridine rings is 2. The van der Waals surface area contributed by atoms with E-state index in [1.165, 1.54) is 0 Å². The van der Waals surface area contributed by atoms with Crippen LogP contribution in [0.25, 0.3) is 28.2 Å². The Morgan fingerprint density at radius 3 is 2.67 bits per heavy atom. The highest BCUT2D eigenvalue weighted by Gasteiger charge is 2.19. The molecule has 5 rings (SSSR count). The van der Waals surface area contributed by atoms with Gasteiger partial charge in [0.2, 0.25) is 6.79 Å². The molecule has 1 aliphatic rings. The Morgan fingerprint density at radius 1 is 0.875 bits per heavy atom. The second kappa shape index (κ2) is 5.09. The van der Waals surface area contributed by atoms with Crippen LogP contribution in [0.5, 0.6) is 11.5 Å². The lowest BCUT2D eigenvalue weighted by Crippen LogP contribution is -1.93. The normalized spacial score (nSPS) is 12.7. The summed E-state index contributed by atoms with van der Waals surface area (Å²) in [6, 6.07) is 15.9. The average Bonchev–Trinajstić information content (AvgIpc) is 3.26. The number of rotatable bonds is 2. The van der Waals surface area contributed by atoms with Gasteiger partial charge in [-0.1, -0.05) is 6.07 Å². The van der Waals surface area contributed by atoms with Gasteiger partial charge in [0.05, 0.1) is 11.4 Å². The van der Waals surface area contributed by atoms with E-state index < -0.39 is 0 Å². The van der Waals surface area contributed by atoms with Crippen molar-refractivity contribution in [3.63, 3.8) is 0 Å². The van der Waals surface area contributed by atoms with Crippen molar-refractivity contribution in [3.8, 4) is 34.0 Å². The molecule has 0 saturated carbocycles. The minimum atomic E-state index is 0.267. The van der Waals surface area contributed by atoms with Crippen LogP contribution in [0.3, 0.4) is 0 Å². The highest BCUT2D eigenvalue weighted by atomic mass is 16.7. The van der Waals surface area contributed by atoms with Crippen LogP contribution in [0.2, 0.25) is 0 Å². The predicted octanol–water partition coefficient (Wildman–Crippen LogP) is 3.79. The van der Waals surface area contributed by atoms with Gasteiger partial charge in [-0.25, -0.2) is 4.98 Å². The monoisotopic (exact) mass is 315 g/mol. The van der Waals surface area contributed by atoms with E-state index in [2.05, 4.69) is 9.38 Å². The quantitative estimate of drug-likeness (QED) is 0.564. The standard InChI is InChI=1S/C19H13N3O2/c1-2-10-22-17(3-1)21-18(13-6-8-20-9-7-13)19(22)14-4-5-15-16(11-14)24-12-23-15/h1-11H,12H2. The molecule has 1 aromatic carbocycles. The van der Waals surface area contributed by atoms with Crippen LogP contribution in [0.15, 0.2) is 67.1 Å². The third kappa shape index (κ3) is 1.95. The second-order valence-corrected chi connectivity index (χ2v) is 5.54. The van der Waals surface area contributed by atoms with Gasteiger partial charge in [0.25, 0.3) is 0 Å². The lowest BCUT2D eigenvalue weighted by atomic mass is 10.1. The first-order valence-electron chi connectivity index (χ1n) is 7.68. The molecule has 24 heavy (non-hydrogen) atoms. The van der Waals surface area contributed by atoms with Crippen LogP contribution in [-0.2, 0) is 0 Å². The first-order valence-corrected chi connectivity index (χ1v) is 7.68. The Morgan fingerprint density at radius 2 is 1.75 bits per heavy atom. The van der Waals surface area contributed by atoms with Crippen molar-refractivity contribution in [1.29, 1.82) is 0 Å². The van der Waals surface area contributed by atoms with Crippen molar-refractivity contribution in [2.75, 3.05) is 6.79 Å². The van der Waals surface area contributed by atoms with Crippen LogP contribution >= 0.6 is 0 Å². The highest BCUT2D eigenvalue weighted by molar-refractivity contribution is 5.82. The number of ether oxygens (including phenoxy) is 2. The molecule has 5 nitrogen and oxygen atoms in total. The summed E-state index contributed by atoms with van der Waals surface area (Å²) in [4.78, 5) is 8.92. The largest absolute Gasteiger partial charge is 0.454 e. The second-order valence-electron chi connectivity index (χ2n) is 5.54. The summed E-state index contributed by atoms with van der Waals surface area (Å²) in [5.41, 5.74) is 4.90. The van der Waals surface area contributed by atoms with Crippen LogP contribution in [0, 0.1) is 0 Å². The third-order valence-electron chi connectivity index (χ3n) is 4.13. The minimum Gasteiger partial charge on any atom is -0.454 e. The van der Waals surface area contributed by atoms with E-state index in [0.29, 0.717) is 0 Å². The molecule has 0 bridgehead atoms. The number of aromatic nitrogens is 3. The summed E-state index contributed by atoms with van der Waals surface area (Å²) in [5.74, 6) is 1.54. The molecule has 0 spiro atoms. The molecule has 0 N–H and O–H groups in total. The first-order chi connectivity index (χ1) is 11.9. The molecule has 0 radical (unpaired) electrons. The van der Waals surface area contributed by atoms with Gasteiger partial charge in [0.1, 0.15) is 5.65 Å². The minimum absolute atomic E-state index is 0.267. The number of imidazole rings is 1. The Hall–Kier alpha value is -3.34. The fraction of sp³-hybridized carbons (Fsp3) is 0.0526. The number of nitrogens with zero attached hydrogens (tertiary/aromatic N) is 3. The Kier molecular flexibility index (Phi) is 2.79. The molecule has 4 heterocycles. The van der Waals surface area contributed by atoms with E-state index in [-0.39, 0.29) is 6.79 Å². The zero-order chi connectivity index (χ0) is 15.9. The zero-order valence-electron chi connectivity index (χ0n) is 12.7. The molecule has 1 aliphatic heterocycles. The van der Waals surface area contributed by atoms with Crippen LogP contribution in [0.4, 0.5) is 0 Å². The first kappa shape index (κ1) is 13.1. The SMILES string of the molecule is c1ccn2c(-c3ccc4c(c3)OCO4)c(-c3ccncc3)nc2c1. The van der Waals surface area contributed by atoms with Gasteiger partial charge in [0, 0.05) is 29.7 Å². The Labute approximate surface area is 138 Å². The topological polar surface area (TPSA) is 48.7 Å². The van der Waals surface area contributed by atoms with Gasteiger partial charge < -0.3 is 9.47 Å². The molecule has 3 aromatic heterocycles. The predicted molar refractivity (Wildman–Crippen MR) is 90.0 cm³/mol. The summed E-state index contributed by atoms with van der Waals surface area (Å²) in [7, 11) is 0. The molecule has 116 valence electrons. The molecule has 0 atom stereocenters. The molecular weight excluding hydrogens is 302 g/mol. The molecule has 0 unspecified atom stereocenters. The lowest BCUT2D eigenvalue weighted by molar-refractivity contribution is 0.174.